The van der Waals surface area contributed by atoms with Crippen LogP contribution in [0.5, 0.6) is 0 Å². The second-order valence-electron chi connectivity index (χ2n) is 5.68. The molecule has 122 valence electrons. The van der Waals surface area contributed by atoms with Crippen LogP contribution in [-0.4, -0.2) is 26.3 Å². The Hall–Kier alpha value is -1.68. The minimum atomic E-state index is -1.00. The molecule has 0 heterocycles. The molecule has 1 aliphatic carbocycles. The van der Waals surface area contributed by atoms with Crippen molar-refractivity contribution in [1.29, 1.82) is 0 Å². The summed E-state index contributed by atoms with van der Waals surface area (Å²) in [6.07, 6.45) is 0.638. The first-order chi connectivity index (χ1) is 11.2. The Kier molecular flexibility index (Phi) is 4.81. The minimum absolute atomic E-state index is 0.209. The summed E-state index contributed by atoms with van der Waals surface area (Å²) in [4.78, 5) is 0. The molecular formula is C20H24O3. The smallest absolute Gasteiger partial charge is 0.283 e. The molecule has 0 atom stereocenters. The maximum absolute atomic E-state index is 5.87. The third-order valence-electron chi connectivity index (χ3n) is 4.46. The number of methoxy groups -OCH3 is 1. The van der Waals surface area contributed by atoms with Gasteiger partial charge < -0.3 is 14.2 Å². The molecule has 3 rings (SSSR count). The van der Waals surface area contributed by atoms with Crippen LogP contribution in [0.4, 0.5) is 0 Å². The molecule has 3 heteroatoms. The maximum atomic E-state index is 5.87. The SMILES string of the molecule is CCOC(CC1c2ccccc2-c2ccccc21)(OC)OCC. The van der Waals surface area contributed by atoms with Crippen molar-refractivity contribution in [2.45, 2.75) is 32.2 Å². The molecule has 2 aromatic rings. The monoisotopic (exact) mass is 312 g/mol. The maximum Gasteiger partial charge on any atom is 0.283 e. The number of fused-ring (bicyclic) bond motifs is 3. The lowest BCUT2D eigenvalue weighted by molar-refractivity contribution is -0.372. The van der Waals surface area contributed by atoms with Gasteiger partial charge in [0.25, 0.3) is 5.97 Å². The van der Waals surface area contributed by atoms with Crippen molar-refractivity contribution in [2.24, 2.45) is 0 Å². The molecule has 0 aliphatic heterocycles. The van der Waals surface area contributed by atoms with Crippen molar-refractivity contribution in [2.75, 3.05) is 20.3 Å². The highest BCUT2D eigenvalue weighted by molar-refractivity contribution is 5.78. The molecule has 0 fully saturated rings. The van der Waals surface area contributed by atoms with E-state index >= 15 is 0 Å². The lowest BCUT2D eigenvalue weighted by Gasteiger charge is -2.33. The summed E-state index contributed by atoms with van der Waals surface area (Å²) in [5.41, 5.74) is 5.22. The Balaban J connectivity index is 2.02. The molecule has 0 amide bonds. The van der Waals surface area contributed by atoms with E-state index in [4.69, 9.17) is 14.2 Å². The van der Waals surface area contributed by atoms with E-state index in [1.807, 2.05) is 13.8 Å². The van der Waals surface area contributed by atoms with E-state index in [0.717, 1.165) is 0 Å². The average molecular weight is 312 g/mol. The number of ether oxygens (including phenoxy) is 3. The van der Waals surface area contributed by atoms with Crippen LogP contribution < -0.4 is 0 Å². The van der Waals surface area contributed by atoms with Gasteiger partial charge in [0.2, 0.25) is 0 Å². The van der Waals surface area contributed by atoms with Gasteiger partial charge in [0.1, 0.15) is 0 Å². The first kappa shape index (κ1) is 16.2. The Morgan fingerprint density at radius 2 is 1.30 bits per heavy atom. The van der Waals surface area contributed by atoms with Crippen LogP contribution in [0.1, 0.15) is 37.3 Å². The van der Waals surface area contributed by atoms with Crippen LogP contribution in [0.25, 0.3) is 11.1 Å². The van der Waals surface area contributed by atoms with Crippen molar-refractivity contribution in [3.8, 4) is 11.1 Å². The molecule has 23 heavy (non-hydrogen) atoms. The van der Waals surface area contributed by atoms with Crippen molar-refractivity contribution >= 4 is 0 Å². The van der Waals surface area contributed by atoms with Gasteiger partial charge in [-0.1, -0.05) is 48.5 Å². The van der Waals surface area contributed by atoms with E-state index in [0.29, 0.717) is 19.6 Å². The Morgan fingerprint density at radius 1 is 0.826 bits per heavy atom. The average Bonchev–Trinajstić information content (AvgIpc) is 2.90. The van der Waals surface area contributed by atoms with Crippen LogP contribution in [0, 0.1) is 0 Å². The lowest BCUT2D eigenvalue weighted by Crippen LogP contribution is -2.40. The van der Waals surface area contributed by atoms with E-state index in [9.17, 15) is 0 Å². The van der Waals surface area contributed by atoms with Crippen molar-refractivity contribution in [3.63, 3.8) is 0 Å². The molecule has 0 N–H and O–H groups in total. The number of rotatable bonds is 7. The molecule has 0 bridgehead atoms. The summed E-state index contributed by atoms with van der Waals surface area (Å²) in [5, 5.41) is 0. The van der Waals surface area contributed by atoms with Crippen molar-refractivity contribution < 1.29 is 14.2 Å². The lowest BCUT2D eigenvalue weighted by atomic mass is 9.92. The first-order valence-corrected chi connectivity index (χ1v) is 8.26. The Bertz CT molecular complexity index is 614. The first-order valence-electron chi connectivity index (χ1n) is 8.26. The van der Waals surface area contributed by atoms with Gasteiger partial charge >= 0.3 is 0 Å². The topological polar surface area (TPSA) is 27.7 Å². The summed E-state index contributed by atoms with van der Waals surface area (Å²) in [7, 11) is 1.65. The van der Waals surface area contributed by atoms with Gasteiger partial charge in [-0.05, 0) is 36.1 Å². The minimum Gasteiger partial charge on any atom is -0.331 e. The highest BCUT2D eigenvalue weighted by atomic mass is 16.9. The predicted octanol–water partition coefficient (Wildman–Crippen LogP) is 4.56. The molecule has 0 saturated heterocycles. The third-order valence-corrected chi connectivity index (χ3v) is 4.46. The van der Waals surface area contributed by atoms with Crippen LogP contribution in [0.2, 0.25) is 0 Å². The van der Waals surface area contributed by atoms with Crippen molar-refractivity contribution in [3.05, 3.63) is 59.7 Å². The zero-order valence-corrected chi connectivity index (χ0v) is 14.0. The largest absolute Gasteiger partial charge is 0.331 e. The second kappa shape index (κ2) is 6.83. The van der Waals surface area contributed by atoms with Crippen LogP contribution >= 0.6 is 0 Å². The van der Waals surface area contributed by atoms with Crippen LogP contribution in [0.15, 0.2) is 48.5 Å². The van der Waals surface area contributed by atoms with E-state index in [1.54, 1.807) is 7.11 Å². The van der Waals surface area contributed by atoms with Gasteiger partial charge in [-0.3, -0.25) is 0 Å². The van der Waals surface area contributed by atoms with Gasteiger partial charge in [0.15, 0.2) is 0 Å². The zero-order chi connectivity index (χ0) is 16.3. The van der Waals surface area contributed by atoms with Gasteiger partial charge in [0, 0.05) is 32.7 Å². The van der Waals surface area contributed by atoms with Gasteiger partial charge in [-0.2, -0.15) is 0 Å². The molecular weight excluding hydrogens is 288 g/mol. The quantitative estimate of drug-likeness (QED) is 0.701. The Morgan fingerprint density at radius 3 is 1.74 bits per heavy atom. The Labute approximate surface area is 138 Å². The summed E-state index contributed by atoms with van der Waals surface area (Å²) < 4.78 is 17.4. The number of hydrogen-bond donors (Lipinski definition) is 0. The summed E-state index contributed by atoms with van der Waals surface area (Å²) in [6, 6.07) is 17.1. The molecule has 0 radical (unpaired) electrons. The number of hydrogen-bond acceptors (Lipinski definition) is 3. The van der Waals surface area contributed by atoms with Crippen LogP contribution in [0.3, 0.4) is 0 Å². The summed E-state index contributed by atoms with van der Waals surface area (Å²) >= 11 is 0. The van der Waals surface area contributed by atoms with E-state index in [1.165, 1.54) is 22.3 Å². The number of benzene rings is 2. The molecule has 0 spiro atoms. The molecule has 0 aromatic heterocycles. The molecule has 3 nitrogen and oxygen atoms in total. The van der Waals surface area contributed by atoms with Gasteiger partial charge in [-0.25, -0.2) is 0 Å². The zero-order valence-electron chi connectivity index (χ0n) is 14.0. The van der Waals surface area contributed by atoms with Gasteiger partial charge in [-0.15, -0.1) is 0 Å². The molecule has 0 saturated carbocycles. The van der Waals surface area contributed by atoms with E-state index in [-0.39, 0.29) is 5.92 Å². The fourth-order valence-corrected chi connectivity index (χ4v) is 3.53. The van der Waals surface area contributed by atoms with Crippen LogP contribution in [-0.2, 0) is 14.2 Å². The predicted molar refractivity (Wildman–Crippen MR) is 91.3 cm³/mol. The van der Waals surface area contributed by atoms with Gasteiger partial charge in [0.05, 0.1) is 0 Å². The molecule has 2 aromatic carbocycles. The standard InChI is InChI=1S/C20H24O3/c1-4-22-20(21-3,23-5-2)14-19-17-12-8-6-10-15(17)16-11-7-9-13-18(16)19/h6-13,19H,4-5,14H2,1-3H3. The fraction of sp³-hybridized carbons (Fsp3) is 0.400. The molecule has 0 unspecified atom stereocenters. The summed E-state index contributed by atoms with van der Waals surface area (Å²) in [6.45, 7) is 5.01. The van der Waals surface area contributed by atoms with Crippen molar-refractivity contribution in [1.82, 2.24) is 0 Å². The van der Waals surface area contributed by atoms with E-state index < -0.39 is 5.97 Å². The highest BCUT2D eigenvalue weighted by Gasteiger charge is 2.39. The fourth-order valence-electron chi connectivity index (χ4n) is 3.53. The normalized spacial score (nSPS) is 13.9. The second-order valence-corrected chi connectivity index (χ2v) is 5.68. The van der Waals surface area contributed by atoms with E-state index in [2.05, 4.69) is 48.5 Å². The highest BCUT2D eigenvalue weighted by Crippen LogP contribution is 2.48. The third kappa shape index (κ3) is 2.92. The molecule has 1 aliphatic rings. The summed E-state index contributed by atoms with van der Waals surface area (Å²) in [5.74, 6) is -0.793.